The third-order valence-corrected chi connectivity index (χ3v) is 7.77. The van der Waals surface area contributed by atoms with Gasteiger partial charge in [0.25, 0.3) is 0 Å². The normalized spacial score (nSPS) is 19.1. The van der Waals surface area contributed by atoms with Crippen LogP contribution in [0.3, 0.4) is 0 Å². The zero-order chi connectivity index (χ0) is 22.8. The van der Waals surface area contributed by atoms with Gasteiger partial charge in [-0.25, -0.2) is 4.79 Å². The second kappa shape index (κ2) is 9.72. The van der Waals surface area contributed by atoms with Gasteiger partial charge in [0.05, 0.1) is 5.56 Å². The van der Waals surface area contributed by atoms with Crippen LogP contribution in [0.1, 0.15) is 83.8 Å². The third kappa shape index (κ3) is 4.72. The Morgan fingerprint density at radius 2 is 1.88 bits per heavy atom. The van der Waals surface area contributed by atoms with E-state index < -0.39 is 0 Å². The number of hydrogen-bond acceptors (Lipinski definition) is 3. The van der Waals surface area contributed by atoms with Gasteiger partial charge in [-0.3, -0.25) is 0 Å². The van der Waals surface area contributed by atoms with E-state index in [1.165, 1.54) is 48.8 Å². The molecule has 1 heterocycles. The highest BCUT2D eigenvalue weighted by atomic mass is 16.5. The molecule has 2 aliphatic rings. The predicted octanol–water partition coefficient (Wildman–Crippen LogP) is 6.52. The Labute approximate surface area is 197 Å². The standard InChI is InChI=1S/C29H36N2O2/c1-20-28(29(32)33-27-14-8-10-22-9-6-7-13-24(22)27)25-19-21(15-16-26(25)30-20)17-18-31(2)23-11-4-3-5-12-23/h6-7,9,13,15-16,19,23,27,30H,3-5,8,10-12,14,17-18H2,1-2H3. The van der Waals surface area contributed by atoms with Crippen LogP contribution in [0.2, 0.25) is 0 Å². The maximum absolute atomic E-state index is 13.4. The molecule has 174 valence electrons. The maximum atomic E-state index is 13.4. The van der Waals surface area contributed by atoms with E-state index >= 15 is 0 Å². The predicted molar refractivity (Wildman–Crippen MR) is 134 cm³/mol. The number of esters is 1. The van der Waals surface area contributed by atoms with Crippen molar-refractivity contribution in [2.24, 2.45) is 0 Å². The number of aromatic nitrogens is 1. The molecule has 1 atom stereocenters. The Morgan fingerprint density at radius 1 is 1.06 bits per heavy atom. The van der Waals surface area contributed by atoms with Crippen LogP contribution in [-0.4, -0.2) is 35.5 Å². The first-order chi connectivity index (χ1) is 16.1. The molecule has 1 unspecified atom stereocenters. The molecule has 0 saturated heterocycles. The van der Waals surface area contributed by atoms with Crippen LogP contribution in [0.15, 0.2) is 42.5 Å². The van der Waals surface area contributed by atoms with Crippen molar-refractivity contribution in [3.8, 4) is 0 Å². The van der Waals surface area contributed by atoms with E-state index in [1.54, 1.807) is 0 Å². The third-order valence-electron chi connectivity index (χ3n) is 7.77. The number of ether oxygens (including phenoxy) is 1. The molecule has 0 bridgehead atoms. The topological polar surface area (TPSA) is 45.3 Å². The summed E-state index contributed by atoms with van der Waals surface area (Å²) in [5.41, 5.74) is 6.34. The summed E-state index contributed by atoms with van der Waals surface area (Å²) in [5, 5.41) is 0.986. The van der Waals surface area contributed by atoms with E-state index in [0.717, 1.165) is 54.9 Å². The molecule has 0 amide bonds. The number of nitrogens with one attached hydrogen (secondary N) is 1. The van der Waals surface area contributed by atoms with Gasteiger partial charge in [-0.2, -0.15) is 0 Å². The van der Waals surface area contributed by atoms with Gasteiger partial charge >= 0.3 is 5.97 Å². The van der Waals surface area contributed by atoms with Crippen molar-refractivity contribution in [3.63, 3.8) is 0 Å². The number of carbonyl (C=O) groups is 1. The maximum Gasteiger partial charge on any atom is 0.341 e. The Morgan fingerprint density at radius 3 is 2.73 bits per heavy atom. The molecular formula is C29H36N2O2. The Balaban J connectivity index is 1.33. The number of likely N-dealkylation sites (N-methyl/N-ethyl adjacent to an activating group) is 1. The minimum absolute atomic E-state index is 0.154. The summed E-state index contributed by atoms with van der Waals surface area (Å²) in [6, 6.07) is 15.6. The molecule has 33 heavy (non-hydrogen) atoms. The van der Waals surface area contributed by atoms with Crippen molar-refractivity contribution in [2.45, 2.75) is 76.9 Å². The van der Waals surface area contributed by atoms with E-state index in [0.29, 0.717) is 5.56 Å². The lowest BCUT2D eigenvalue weighted by atomic mass is 9.89. The molecule has 2 aliphatic carbocycles. The van der Waals surface area contributed by atoms with Crippen molar-refractivity contribution < 1.29 is 9.53 Å². The van der Waals surface area contributed by atoms with Crippen molar-refractivity contribution >= 4 is 16.9 Å². The summed E-state index contributed by atoms with van der Waals surface area (Å²) in [5.74, 6) is -0.211. The van der Waals surface area contributed by atoms with Gasteiger partial charge in [0.2, 0.25) is 0 Å². The number of benzene rings is 2. The average molecular weight is 445 g/mol. The quantitative estimate of drug-likeness (QED) is 0.440. The smallest absolute Gasteiger partial charge is 0.341 e. The zero-order valence-corrected chi connectivity index (χ0v) is 20.0. The Hall–Kier alpha value is -2.59. The van der Waals surface area contributed by atoms with Crippen molar-refractivity contribution in [1.29, 1.82) is 0 Å². The molecule has 3 aromatic rings. The average Bonchev–Trinajstić information content (AvgIpc) is 3.18. The number of hydrogen-bond donors (Lipinski definition) is 1. The summed E-state index contributed by atoms with van der Waals surface area (Å²) in [7, 11) is 2.26. The van der Waals surface area contributed by atoms with E-state index in [4.69, 9.17) is 4.74 Å². The van der Waals surface area contributed by atoms with Gasteiger partial charge in [-0.15, -0.1) is 0 Å². The summed E-state index contributed by atoms with van der Waals surface area (Å²) >= 11 is 0. The molecule has 1 fully saturated rings. The fraction of sp³-hybridized carbons (Fsp3) is 0.483. The highest BCUT2D eigenvalue weighted by Crippen LogP contribution is 2.34. The van der Waals surface area contributed by atoms with Crippen LogP contribution in [0.5, 0.6) is 0 Å². The zero-order valence-electron chi connectivity index (χ0n) is 20.0. The first-order valence-electron chi connectivity index (χ1n) is 12.7. The molecule has 1 saturated carbocycles. The first kappa shape index (κ1) is 22.2. The molecule has 0 radical (unpaired) electrons. The summed E-state index contributed by atoms with van der Waals surface area (Å²) in [6.07, 6.45) is 10.6. The molecule has 4 heteroatoms. The fourth-order valence-electron chi connectivity index (χ4n) is 5.82. The highest BCUT2D eigenvalue weighted by molar-refractivity contribution is 6.05. The summed E-state index contributed by atoms with van der Waals surface area (Å²) < 4.78 is 6.10. The lowest BCUT2D eigenvalue weighted by Crippen LogP contribution is -2.34. The number of aromatic amines is 1. The molecule has 5 rings (SSSR count). The van der Waals surface area contributed by atoms with E-state index in [1.807, 2.05) is 13.0 Å². The van der Waals surface area contributed by atoms with E-state index in [9.17, 15) is 4.79 Å². The van der Waals surface area contributed by atoms with Gasteiger partial charge in [0, 0.05) is 29.2 Å². The first-order valence-corrected chi connectivity index (χ1v) is 12.7. The second-order valence-corrected chi connectivity index (χ2v) is 10.0. The Bertz CT molecular complexity index is 1130. The van der Waals surface area contributed by atoms with E-state index in [2.05, 4.69) is 53.3 Å². The Kier molecular flexibility index (Phi) is 6.55. The van der Waals surface area contributed by atoms with Crippen LogP contribution < -0.4 is 0 Å². The van der Waals surface area contributed by atoms with Crippen LogP contribution in [0.25, 0.3) is 10.9 Å². The fourth-order valence-corrected chi connectivity index (χ4v) is 5.82. The van der Waals surface area contributed by atoms with Crippen LogP contribution in [0, 0.1) is 6.92 Å². The van der Waals surface area contributed by atoms with Gasteiger partial charge in [-0.1, -0.05) is 49.6 Å². The molecule has 0 spiro atoms. The van der Waals surface area contributed by atoms with Crippen molar-refractivity contribution in [1.82, 2.24) is 9.88 Å². The van der Waals surface area contributed by atoms with Gasteiger partial charge in [-0.05, 0) is 81.3 Å². The number of carbonyl (C=O) groups excluding carboxylic acids is 1. The van der Waals surface area contributed by atoms with Gasteiger partial charge in [0.1, 0.15) is 6.10 Å². The molecule has 0 aliphatic heterocycles. The molecular weight excluding hydrogens is 408 g/mol. The van der Waals surface area contributed by atoms with Crippen LogP contribution in [0.4, 0.5) is 0 Å². The number of aryl methyl sites for hydroxylation is 2. The van der Waals surface area contributed by atoms with Crippen molar-refractivity contribution in [2.75, 3.05) is 13.6 Å². The second-order valence-electron chi connectivity index (χ2n) is 10.0. The highest BCUT2D eigenvalue weighted by Gasteiger charge is 2.26. The van der Waals surface area contributed by atoms with Gasteiger partial charge in [0.15, 0.2) is 0 Å². The summed E-state index contributed by atoms with van der Waals surface area (Å²) in [6.45, 7) is 3.03. The summed E-state index contributed by atoms with van der Waals surface area (Å²) in [4.78, 5) is 19.3. The number of fused-ring (bicyclic) bond motifs is 2. The van der Waals surface area contributed by atoms with E-state index in [-0.39, 0.29) is 12.1 Å². The SMILES string of the molecule is Cc1[nH]c2ccc(CCN(C)C3CCCCC3)cc2c1C(=O)OC1CCCc2ccccc21. The minimum Gasteiger partial charge on any atom is -0.454 e. The molecule has 1 N–H and O–H groups in total. The van der Waals surface area contributed by atoms with Crippen LogP contribution in [-0.2, 0) is 17.6 Å². The number of rotatable bonds is 6. The number of H-pyrrole nitrogens is 1. The largest absolute Gasteiger partial charge is 0.454 e. The number of nitrogens with zero attached hydrogens (tertiary/aromatic N) is 1. The minimum atomic E-state index is -0.211. The lowest BCUT2D eigenvalue weighted by Gasteiger charge is -2.31. The van der Waals surface area contributed by atoms with Crippen LogP contribution >= 0.6 is 0 Å². The molecule has 4 nitrogen and oxygen atoms in total. The molecule has 2 aromatic carbocycles. The lowest BCUT2D eigenvalue weighted by molar-refractivity contribution is 0.0258. The monoisotopic (exact) mass is 444 g/mol. The van der Waals surface area contributed by atoms with Crippen molar-refractivity contribution in [3.05, 3.63) is 70.4 Å². The molecule has 1 aromatic heterocycles. The van der Waals surface area contributed by atoms with Gasteiger partial charge < -0.3 is 14.6 Å².